The Morgan fingerprint density at radius 2 is 1.52 bits per heavy atom. The molecule has 1 amide bonds. The van der Waals surface area contributed by atoms with Crippen LogP contribution in [0.5, 0.6) is 11.5 Å². The average molecular weight is 630 g/mol. The van der Waals surface area contributed by atoms with Gasteiger partial charge < -0.3 is 14.9 Å². The summed E-state index contributed by atoms with van der Waals surface area (Å²) in [6.45, 7) is 4.74. The molecule has 7 heteroatoms. The molecule has 0 aliphatic heterocycles. The molecule has 0 unspecified atom stereocenters. The highest BCUT2D eigenvalue weighted by Crippen LogP contribution is 2.25. The fraction of sp³-hybridized carbons (Fsp3) is 0.257. The minimum atomic E-state index is -0.409. The van der Waals surface area contributed by atoms with E-state index in [1.54, 1.807) is 17.2 Å². The molecule has 4 rings (SSSR count). The Labute approximate surface area is 256 Å². The third-order valence-corrected chi connectivity index (χ3v) is 7.44. The van der Waals surface area contributed by atoms with E-state index in [1.165, 1.54) is 31.7 Å². The van der Waals surface area contributed by atoms with Crippen LogP contribution in [-0.2, 0) is 35.7 Å². The zero-order valence-corrected chi connectivity index (χ0v) is 25.7. The van der Waals surface area contributed by atoms with Crippen molar-refractivity contribution in [3.8, 4) is 11.5 Å². The second kappa shape index (κ2) is 15.9. The van der Waals surface area contributed by atoms with E-state index in [0.29, 0.717) is 30.9 Å². The van der Waals surface area contributed by atoms with Crippen molar-refractivity contribution in [1.29, 1.82) is 0 Å². The average Bonchev–Trinajstić information content (AvgIpc) is 2.98. The lowest BCUT2D eigenvalue weighted by Crippen LogP contribution is -2.26. The number of hydrogen-bond acceptors (Lipinski definition) is 5. The number of aryl methyl sites for hydroxylation is 1. The zero-order valence-electron chi connectivity index (χ0n) is 24.1. The van der Waals surface area contributed by atoms with Gasteiger partial charge in [0, 0.05) is 23.5 Å². The van der Waals surface area contributed by atoms with Crippen molar-refractivity contribution in [2.24, 2.45) is 0 Å². The number of hydrogen-bond donors (Lipinski definition) is 1. The van der Waals surface area contributed by atoms with Crippen LogP contribution < -0.4 is 10.1 Å². The first-order valence-electron chi connectivity index (χ1n) is 14.3. The molecule has 0 bridgehead atoms. The minimum Gasteiger partial charge on any atom is -0.457 e. The summed E-state index contributed by atoms with van der Waals surface area (Å²) in [5, 5.41) is 4.60. The maximum Gasteiger partial charge on any atom is 0.322 e. The fourth-order valence-corrected chi connectivity index (χ4v) is 5.04. The first-order valence-corrected chi connectivity index (χ1v) is 15.1. The Morgan fingerprint density at radius 3 is 2.24 bits per heavy atom. The number of nitrogens with one attached hydrogen (secondary N) is 1. The van der Waals surface area contributed by atoms with Crippen LogP contribution in [0, 0.1) is 0 Å². The molecule has 0 saturated heterocycles. The Morgan fingerprint density at radius 1 is 0.786 bits per heavy atom. The summed E-state index contributed by atoms with van der Waals surface area (Å²) in [6, 6.07) is 31.1. The van der Waals surface area contributed by atoms with Crippen LogP contribution in [0.1, 0.15) is 65.7 Å². The summed E-state index contributed by atoms with van der Waals surface area (Å²) in [4.78, 5) is 30.3. The molecule has 0 spiro atoms. The lowest BCUT2D eigenvalue weighted by molar-refractivity contribution is -0.194. The number of benzene rings is 4. The van der Waals surface area contributed by atoms with Crippen molar-refractivity contribution in [1.82, 2.24) is 10.4 Å². The highest BCUT2D eigenvalue weighted by molar-refractivity contribution is 9.10. The van der Waals surface area contributed by atoms with Gasteiger partial charge in [0.05, 0.1) is 13.1 Å². The molecule has 218 valence electrons. The van der Waals surface area contributed by atoms with Gasteiger partial charge >= 0.3 is 5.97 Å². The highest BCUT2D eigenvalue weighted by Gasteiger charge is 2.15. The van der Waals surface area contributed by atoms with Crippen molar-refractivity contribution in [3.63, 3.8) is 0 Å². The number of carbonyl (C=O) groups is 2. The zero-order chi connectivity index (χ0) is 29.7. The van der Waals surface area contributed by atoms with E-state index >= 15 is 0 Å². The van der Waals surface area contributed by atoms with E-state index in [9.17, 15) is 9.59 Å². The summed E-state index contributed by atoms with van der Waals surface area (Å²) in [6.07, 6.45) is 4.75. The Hall–Kier alpha value is -3.94. The predicted octanol–water partition coefficient (Wildman–Crippen LogP) is 8.38. The second-order valence-electron chi connectivity index (χ2n) is 10.2. The number of unbranched alkanes of at least 4 members (excludes halogenated alkanes) is 2. The van der Waals surface area contributed by atoms with E-state index in [-0.39, 0.29) is 5.91 Å². The molecule has 0 heterocycles. The number of nitrogens with zero attached hydrogens (tertiary/aromatic N) is 1. The molecular formula is C35H37BrN2O4. The first-order chi connectivity index (χ1) is 20.4. The van der Waals surface area contributed by atoms with Gasteiger partial charge in [-0.05, 0) is 71.5 Å². The Balaban J connectivity index is 1.36. The van der Waals surface area contributed by atoms with Crippen LogP contribution in [0.15, 0.2) is 102 Å². The molecule has 6 nitrogen and oxygen atoms in total. The summed E-state index contributed by atoms with van der Waals surface area (Å²) in [7, 11) is 0. The number of carbonyl (C=O) groups excluding carboxylic acids is 2. The first kappa shape index (κ1) is 31.0. The molecule has 0 saturated carbocycles. The summed E-state index contributed by atoms with van der Waals surface area (Å²) < 4.78 is 6.71. The molecule has 0 radical (unpaired) electrons. The molecule has 1 N–H and O–H groups in total. The van der Waals surface area contributed by atoms with Gasteiger partial charge in [0.2, 0.25) is 0 Å². The number of rotatable bonds is 14. The van der Waals surface area contributed by atoms with E-state index in [2.05, 4.69) is 52.4 Å². The van der Waals surface area contributed by atoms with Gasteiger partial charge in [-0.25, -0.2) is 0 Å². The van der Waals surface area contributed by atoms with E-state index < -0.39 is 5.97 Å². The smallest absolute Gasteiger partial charge is 0.322 e. The predicted molar refractivity (Wildman–Crippen MR) is 169 cm³/mol. The summed E-state index contributed by atoms with van der Waals surface area (Å²) in [5.41, 5.74) is 4.74. The van der Waals surface area contributed by atoms with Crippen molar-refractivity contribution in [2.45, 2.75) is 59.2 Å². The molecule has 0 atom stereocenters. The molecule has 0 fully saturated rings. The Bertz CT molecular complexity index is 1460. The van der Waals surface area contributed by atoms with Crippen molar-refractivity contribution in [2.75, 3.05) is 0 Å². The maximum absolute atomic E-state index is 12.9. The number of halogens is 1. The standard InChI is InChI=1S/C35H37BrN2O4/c1-3-4-6-10-27-15-17-28(18-16-27)23-37-35(40)30-19-20-31(34(36)22-30)25-38(42-26(2)39)24-29-11-9-14-33(21-29)41-32-12-7-5-8-13-32/h5,7-9,11-22H,3-4,6,10,23-25H2,1-2H3,(H,37,40). The Kier molecular flexibility index (Phi) is 11.7. The molecule has 42 heavy (non-hydrogen) atoms. The highest BCUT2D eigenvalue weighted by atomic mass is 79.9. The topological polar surface area (TPSA) is 67.9 Å². The molecule has 4 aromatic carbocycles. The fourth-order valence-electron chi connectivity index (χ4n) is 4.53. The van der Waals surface area contributed by atoms with Gasteiger partial charge in [-0.2, -0.15) is 0 Å². The van der Waals surface area contributed by atoms with Crippen molar-refractivity contribution < 1.29 is 19.2 Å². The van der Waals surface area contributed by atoms with Gasteiger partial charge in [-0.1, -0.05) is 96.4 Å². The third kappa shape index (κ3) is 9.86. The van der Waals surface area contributed by atoms with Crippen LogP contribution in [-0.4, -0.2) is 16.9 Å². The molecule has 0 aliphatic carbocycles. The number of amides is 1. The minimum absolute atomic E-state index is 0.152. The molecular weight excluding hydrogens is 592 g/mol. The largest absolute Gasteiger partial charge is 0.457 e. The molecule has 0 aliphatic rings. The lowest BCUT2D eigenvalue weighted by Gasteiger charge is -2.22. The monoisotopic (exact) mass is 628 g/mol. The van der Waals surface area contributed by atoms with Crippen LogP contribution in [0.4, 0.5) is 0 Å². The molecule has 4 aromatic rings. The normalized spacial score (nSPS) is 10.9. The third-order valence-electron chi connectivity index (χ3n) is 6.70. The molecule has 0 aromatic heterocycles. The van der Waals surface area contributed by atoms with Gasteiger partial charge in [0.15, 0.2) is 0 Å². The summed E-state index contributed by atoms with van der Waals surface area (Å²) >= 11 is 3.61. The number of para-hydroxylation sites is 1. The summed E-state index contributed by atoms with van der Waals surface area (Å²) in [5.74, 6) is 0.880. The quantitative estimate of drug-likeness (QED) is 0.112. The van der Waals surface area contributed by atoms with Gasteiger partial charge in [-0.15, -0.1) is 5.06 Å². The van der Waals surface area contributed by atoms with Crippen LogP contribution in [0.2, 0.25) is 0 Å². The van der Waals surface area contributed by atoms with Gasteiger partial charge in [-0.3, -0.25) is 9.59 Å². The van der Waals surface area contributed by atoms with E-state index in [4.69, 9.17) is 9.57 Å². The maximum atomic E-state index is 12.9. The second-order valence-corrected chi connectivity index (χ2v) is 11.1. The lowest BCUT2D eigenvalue weighted by atomic mass is 10.1. The van der Waals surface area contributed by atoms with Crippen LogP contribution >= 0.6 is 15.9 Å². The number of ether oxygens (including phenoxy) is 1. The van der Waals surface area contributed by atoms with Gasteiger partial charge in [0.25, 0.3) is 5.91 Å². The number of hydroxylamine groups is 2. The van der Waals surface area contributed by atoms with E-state index in [1.807, 2.05) is 60.7 Å². The van der Waals surface area contributed by atoms with Crippen LogP contribution in [0.3, 0.4) is 0 Å². The van der Waals surface area contributed by atoms with Crippen LogP contribution in [0.25, 0.3) is 0 Å². The van der Waals surface area contributed by atoms with E-state index in [0.717, 1.165) is 33.3 Å². The SMILES string of the molecule is CCCCCc1ccc(CNC(=O)c2ccc(CN(Cc3cccc(Oc4ccccc4)c3)OC(C)=O)c(Br)c2)cc1. The van der Waals surface area contributed by atoms with Gasteiger partial charge in [0.1, 0.15) is 11.5 Å². The van der Waals surface area contributed by atoms with Crippen molar-refractivity contribution >= 4 is 27.8 Å². The van der Waals surface area contributed by atoms with Crippen molar-refractivity contribution in [3.05, 3.63) is 129 Å².